The van der Waals surface area contributed by atoms with Gasteiger partial charge in [0.2, 0.25) is 0 Å². The number of carbonyl (C=O) groups excluding carboxylic acids is 1. The highest BCUT2D eigenvalue weighted by molar-refractivity contribution is 8.00. The molecule has 0 unspecified atom stereocenters. The monoisotopic (exact) mass is 259 g/mol. The van der Waals surface area contributed by atoms with E-state index in [1.807, 2.05) is 25.2 Å². The first-order valence-electron chi connectivity index (χ1n) is 4.80. The van der Waals surface area contributed by atoms with Gasteiger partial charge in [-0.05, 0) is 24.7 Å². The van der Waals surface area contributed by atoms with E-state index in [1.54, 1.807) is 0 Å². The van der Waals surface area contributed by atoms with Crippen molar-refractivity contribution in [2.24, 2.45) is 0 Å². The third-order valence-electron chi connectivity index (χ3n) is 1.97. The number of rotatable bonds is 5. The second-order valence-electron chi connectivity index (χ2n) is 3.15. The minimum atomic E-state index is -0.236. The van der Waals surface area contributed by atoms with Crippen molar-refractivity contribution >= 4 is 29.3 Å². The number of thioether (sulfide) groups is 1. The summed E-state index contributed by atoms with van der Waals surface area (Å²) in [4.78, 5) is 12.1. The second kappa shape index (κ2) is 6.78. The molecule has 0 radical (unpaired) electrons. The summed E-state index contributed by atoms with van der Waals surface area (Å²) < 4.78 is 4.59. The molecule has 0 heterocycles. The lowest BCUT2D eigenvalue weighted by molar-refractivity contribution is -0.137. The third kappa shape index (κ3) is 4.04. The van der Waals surface area contributed by atoms with Gasteiger partial charge < -0.3 is 10.1 Å². The Bertz CT molecular complexity index is 371. The fourth-order valence-electron chi connectivity index (χ4n) is 1.19. The van der Waals surface area contributed by atoms with Crippen LogP contribution in [0.5, 0.6) is 0 Å². The molecule has 0 aliphatic carbocycles. The van der Waals surface area contributed by atoms with Crippen LogP contribution in [0, 0.1) is 0 Å². The van der Waals surface area contributed by atoms with Crippen molar-refractivity contribution in [3.8, 4) is 0 Å². The first kappa shape index (κ1) is 13.4. The molecule has 1 aromatic rings. The maximum absolute atomic E-state index is 11.0. The quantitative estimate of drug-likeness (QED) is 0.651. The number of ether oxygens (including phenoxy) is 1. The SMILES string of the molecule is CNCc1ccc(Cl)cc1SCC(=O)OC. The van der Waals surface area contributed by atoms with E-state index in [0.717, 1.165) is 17.0 Å². The maximum Gasteiger partial charge on any atom is 0.315 e. The minimum Gasteiger partial charge on any atom is -0.468 e. The predicted octanol–water partition coefficient (Wildman–Crippen LogP) is 2.32. The van der Waals surface area contributed by atoms with E-state index in [9.17, 15) is 4.79 Å². The van der Waals surface area contributed by atoms with Gasteiger partial charge in [-0.25, -0.2) is 0 Å². The Morgan fingerprint density at radius 1 is 1.56 bits per heavy atom. The normalized spacial score (nSPS) is 10.2. The van der Waals surface area contributed by atoms with Crippen LogP contribution in [-0.2, 0) is 16.1 Å². The molecule has 16 heavy (non-hydrogen) atoms. The first-order valence-corrected chi connectivity index (χ1v) is 6.16. The molecule has 0 aliphatic heterocycles. The first-order chi connectivity index (χ1) is 7.67. The van der Waals surface area contributed by atoms with E-state index in [-0.39, 0.29) is 5.97 Å². The Kier molecular flexibility index (Phi) is 5.66. The molecular weight excluding hydrogens is 246 g/mol. The summed E-state index contributed by atoms with van der Waals surface area (Å²) in [5.74, 6) is 0.0634. The van der Waals surface area contributed by atoms with Crippen molar-refractivity contribution in [2.75, 3.05) is 19.9 Å². The van der Waals surface area contributed by atoms with E-state index in [2.05, 4.69) is 10.1 Å². The van der Waals surface area contributed by atoms with E-state index >= 15 is 0 Å². The van der Waals surface area contributed by atoms with Crippen molar-refractivity contribution in [3.05, 3.63) is 28.8 Å². The molecule has 0 aromatic heterocycles. The highest BCUT2D eigenvalue weighted by Crippen LogP contribution is 2.26. The smallest absolute Gasteiger partial charge is 0.315 e. The van der Waals surface area contributed by atoms with Gasteiger partial charge in [0.25, 0.3) is 0 Å². The largest absolute Gasteiger partial charge is 0.468 e. The van der Waals surface area contributed by atoms with E-state index < -0.39 is 0 Å². The average Bonchev–Trinajstić information content (AvgIpc) is 2.29. The molecule has 0 saturated heterocycles. The van der Waals surface area contributed by atoms with Gasteiger partial charge in [0.15, 0.2) is 0 Å². The predicted molar refractivity (Wildman–Crippen MR) is 67.0 cm³/mol. The fraction of sp³-hybridized carbons (Fsp3) is 0.364. The number of esters is 1. The number of halogens is 1. The highest BCUT2D eigenvalue weighted by atomic mass is 35.5. The summed E-state index contributed by atoms with van der Waals surface area (Å²) in [6.07, 6.45) is 0. The molecule has 5 heteroatoms. The minimum absolute atomic E-state index is 0.236. The second-order valence-corrected chi connectivity index (χ2v) is 4.60. The molecule has 0 fully saturated rings. The molecule has 3 nitrogen and oxygen atoms in total. The van der Waals surface area contributed by atoms with Gasteiger partial charge in [-0.2, -0.15) is 0 Å². The van der Waals surface area contributed by atoms with Gasteiger partial charge >= 0.3 is 5.97 Å². The molecule has 0 aliphatic rings. The molecular formula is C11H14ClNO2S. The Labute approximate surface area is 105 Å². The molecule has 0 atom stereocenters. The van der Waals surface area contributed by atoms with Crippen LogP contribution in [-0.4, -0.2) is 25.9 Å². The number of benzene rings is 1. The topological polar surface area (TPSA) is 38.3 Å². The molecule has 0 amide bonds. The molecule has 1 rings (SSSR count). The van der Waals surface area contributed by atoms with Crippen LogP contribution in [0.2, 0.25) is 5.02 Å². The molecule has 1 aromatic carbocycles. The molecule has 88 valence electrons. The third-order valence-corrected chi connectivity index (χ3v) is 3.28. The number of nitrogens with one attached hydrogen (secondary N) is 1. The lowest BCUT2D eigenvalue weighted by Crippen LogP contribution is -2.07. The summed E-state index contributed by atoms with van der Waals surface area (Å²) in [6.45, 7) is 0.751. The number of methoxy groups -OCH3 is 1. The van der Waals surface area contributed by atoms with Crippen LogP contribution in [0.3, 0.4) is 0 Å². The van der Waals surface area contributed by atoms with Gasteiger partial charge in [0, 0.05) is 16.5 Å². The maximum atomic E-state index is 11.0. The zero-order valence-corrected chi connectivity index (χ0v) is 10.8. The highest BCUT2D eigenvalue weighted by Gasteiger charge is 2.07. The Morgan fingerprint density at radius 2 is 2.31 bits per heavy atom. The van der Waals surface area contributed by atoms with Crippen molar-refractivity contribution in [3.63, 3.8) is 0 Å². The van der Waals surface area contributed by atoms with Crippen molar-refractivity contribution < 1.29 is 9.53 Å². The van der Waals surface area contributed by atoms with Crippen LogP contribution < -0.4 is 5.32 Å². The average molecular weight is 260 g/mol. The van der Waals surface area contributed by atoms with Gasteiger partial charge in [-0.3, -0.25) is 4.79 Å². The zero-order valence-electron chi connectivity index (χ0n) is 9.25. The Hall–Kier alpha value is -0.710. The van der Waals surface area contributed by atoms with Crippen molar-refractivity contribution in [1.82, 2.24) is 5.32 Å². The van der Waals surface area contributed by atoms with Crippen LogP contribution >= 0.6 is 23.4 Å². The standard InChI is InChI=1S/C11H14ClNO2S/c1-13-6-8-3-4-9(12)5-10(8)16-7-11(14)15-2/h3-5,13H,6-7H2,1-2H3. The van der Waals surface area contributed by atoms with Gasteiger partial charge in [0.1, 0.15) is 0 Å². The fourth-order valence-corrected chi connectivity index (χ4v) is 2.36. The van der Waals surface area contributed by atoms with E-state index in [1.165, 1.54) is 18.9 Å². The van der Waals surface area contributed by atoms with Crippen LogP contribution in [0.4, 0.5) is 0 Å². The molecule has 0 spiro atoms. The summed E-state index contributed by atoms with van der Waals surface area (Å²) in [5.41, 5.74) is 1.13. The van der Waals surface area contributed by atoms with Gasteiger partial charge in [0.05, 0.1) is 12.9 Å². The summed E-state index contributed by atoms with van der Waals surface area (Å²) in [5, 5.41) is 3.75. The molecule has 0 saturated carbocycles. The van der Waals surface area contributed by atoms with Crippen LogP contribution in [0.15, 0.2) is 23.1 Å². The zero-order chi connectivity index (χ0) is 12.0. The van der Waals surface area contributed by atoms with E-state index in [0.29, 0.717) is 10.8 Å². The summed E-state index contributed by atoms with van der Waals surface area (Å²) in [7, 11) is 3.26. The van der Waals surface area contributed by atoms with Crippen molar-refractivity contribution in [1.29, 1.82) is 0 Å². The lowest BCUT2D eigenvalue weighted by atomic mass is 10.2. The summed E-state index contributed by atoms with van der Waals surface area (Å²) >= 11 is 7.35. The van der Waals surface area contributed by atoms with Gasteiger partial charge in [-0.1, -0.05) is 17.7 Å². The molecule has 0 bridgehead atoms. The van der Waals surface area contributed by atoms with Gasteiger partial charge in [-0.15, -0.1) is 11.8 Å². The van der Waals surface area contributed by atoms with E-state index in [4.69, 9.17) is 11.6 Å². The van der Waals surface area contributed by atoms with Crippen LogP contribution in [0.25, 0.3) is 0 Å². The Balaban J connectivity index is 2.75. The number of carbonyl (C=O) groups is 1. The van der Waals surface area contributed by atoms with Crippen molar-refractivity contribution in [2.45, 2.75) is 11.4 Å². The molecule has 1 N–H and O–H groups in total. The number of hydrogen-bond acceptors (Lipinski definition) is 4. The Morgan fingerprint density at radius 3 is 2.94 bits per heavy atom. The summed E-state index contributed by atoms with van der Waals surface area (Å²) in [6, 6.07) is 5.66. The number of hydrogen-bond donors (Lipinski definition) is 1. The lowest BCUT2D eigenvalue weighted by Gasteiger charge is -2.08. The van der Waals surface area contributed by atoms with Crippen LogP contribution in [0.1, 0.15) is 5.56 Å².